The van der Waals surface area contributed by atoms with Crippen LogP contribution in [-0.4, -0.2) is 10.9 Å². The standard InChI is InChI=1S/C22H28Br2O/c1-21(2,11-5-6-12-23)15-7-9-17-18-14-16(24)8-10-19(18)22(3,4)25-20(17)13-15/h7-10,13,18H,5-6,11-12,14H2,1-4H3. The van der Waals surface area contributed by atoms with E-state index in [1.807, 2.05) is 0 Å². The average Bonchev–Trinajstić information content (AvgIpc) is 2.53. The van der Waals surface area contributed by atoms with Gasteiger partial charge in [0.2, 0.25) is 0 Å². The molecule has 3 rings (SSSR count). The fourth-order valence-electron chi connectivity index (χ4n) is 4.04. The summed E-state index contributed by atoms with van der Waals surface area (Å²) in [7, 11) is 0. The summed E-state index contributed by atoms with van der Waals surface area (Å²) < 4.78 is 7.73. The first-order valence-electron chi connectivity index (χ1n) is 9.21. The number of halogens is 2. The van der Waals surface area contributed by atoms with Gasteiger partial charge in [0.1, 0.15) is 11.4 Å². The maximum atomic E-state index is 6.47. The normalized spacial score (nSPS) is 21.6. The van der Waals surface area contributed by atoms with Crippen molar-refractivity contribution in [1.82, 2.24) is 0 Å². The molecule has 2 aliphatic rings. The summed E-state index contributed by atoms with van der Waals surface area (Å²) in [6, 6.07) is 6.92. The zero-order valence-corrected chi connectivity index (χ0v) is 18.8. The zero-order chi connectivity index (χ0) is 18.2. The first kappa shape index (κ1) is 19.2. The molecule has 0 spiro atoms. The lowest BCUT2D eigenvalue weighted by atomic mass is 9.73. The molecule has 0 saturated carbocycles. The molecular weight excluding hydrogens is 440 g/mol. The summed E-state index contributed by atoms with van der Waals surface area (Å²) in [6.07, 6.45) is 9.11. The van der Waals surface area contributed by atoms with E-state index in [1.54, 1.807) is 0 Å². The second-order valence-corrected chi connectivity index (χ2v) is 10.2. The maximum Gasteiger partial charge on any atom is 0.125 e. The third-order valence-corrected chi connectivity index (χ3v) is 6.78. The van der Waals surface area contributed by atoms with E-state index in [1.165, 1.54) is 40.4 Å². The van der Waals surface area contributed by atoms with Crippen LogP contribution in [0.2, 0.25) is 0 Å². The van der Waals surface area contributed by atoms with Gasteiger partial charge in [-0.1, -0.05) is 76.4 Å². The van der Waals surface area contributed by atoms with Crippen molar-refractivity contribution in [3.8, 4) is 5.75 Å². The highest BCUT2D eigenvalue weighted by molar-refractivity contribution is 9.11. The Morgan fingerprint density at radius 3 is 2.68 bits per heavy atom. The number of alkyl halides is 1. The highest BCUT2D eigenvalue weighted by atomic mass is 79.9. The Kier molecular flexibility index (Phi) is 5.56. The summed E-state index contributed by atoms with van der Waals surface area (Å²) in [6.45, 7) is 9.08. The summed E-state index contributed by atoms with van der Waals surface area (Å²) in [4.78, 5) is 0. The Balaban J connectivity index is 1.94. The number of fused-ring (bicyclic) bond motifs is 3. The second kappa shape index (κ2) is 7.23. The van der Waals surface area contributed by atoms with Crippen LogP contribution >= 0.6 is 31.9 Å². The van der Waals surface area contributed by atoms with E-state index in [4.69, 9.17) is 4.74 Å². The maximum absolute atomic E-state index is 6.47. The lowest BCUT2D eigenvalue weighted by Gasteiger charge is -2.42. The lowest BCUT2D eigenvalue weighted by Crippen LogP contribution is -2.38. The van der Waals surface area contributed by atoms with E-state index in [2.05, 4.69) is 89.9 Å². The molecule has 1 atom stereocenters. The van der Waals surface area contributed by atoms with Crippen LogP contribution in [-0.2, 0) is 5.41 Å². The van der Waals surface area contributed by atoms with Crippen molar-refractivity contribution in [1.29, 1.82) is 0 Å². The van der Waals surface area contributed by atoms with Gasteiger partial charge < -0.3 is 4.74 Å². The Morgan fingerprint density at radius 2 is 1.96 bits per heavy atom. The van der Waals surface area contributed by atoms with Crippen molar-refractivity contribution in [2.24, 2.45) is 0 Å². The first-order valence-corrected chi connectivity index (χ1v) is 11.1. The molecule has 1 aliphatic heterocycles. The van der Waals surface area contributed by atoms with Gasteiger partial charge in [-0.2, -0.15) is 0 Å². The summed E-state index contributed by atoms with van der Waals surface area (Å²) >= 11 is 7.23. The van der Waals surface area contributed by atoms with Crippen LogP contribution in [0.25, 0.3) is 0 Å². The minimum absolute atomic E-state index is 0.174. The molecule has 0 bridgehead atoms. The topological polar surface area (TPSA) is 9.23 Å². The van der Waals surface area contributed by atoms with E-state index >= 15 is 0 Å². The Bertz CT molecular complexity index is 713. The van der Waals surface area contributed by atoms with Crippen molar-refractivity contribution in [3.05, 3.63) is 51.5 Å². The number of allylic oxidation sites excluding steroid dienone is 3. The van der Waals surface area contributed by atoms with Crippen LogP contribution in [0.3, 0.4) is 0 Å². The molecule has 1 heterocycles. The first-order chi connectivity index (χ1) is 11.7. The number of rotatable bonds is 5. The van der Waals surface area contributed by atoms with Gasteiger partial charge in [-0.25, -0.2) is 0 Å². The molecule has 0 radical (unpaired) electrons. The number of hydrogen-bond donors (Lipinski definition) is 0. The van der Waals surface area contributed by atoms with Crippen molar-refractivity contribution in [2.45, 2.75) is 70.3 Å². The molecule has 1 nitrogen and oxygen atoms in total. The number of hydrogen-bond acceptors (Lipinski definition) is 1. The molecule has 0 amide bonds. The van der Waals surface area contributed by atoms with Crippen LogP contribution in [0.4, 0.5) is 0 Å². The highest BCUT2D eigenvalue weighted by Crippen LogP contribution is 2.50. The largest absolute Gasteiger partial charge is 0.483 e. The van der Waals surface area contributed by atoms with E-state index in [-0.39, 0.29) is 11.0 Å². The molecule has 136 valence electrons. The van der Waals surface area contributed by atoms with Crippen LogP contribution in [0.15, 0.2) is 40.4 Å². The third-order valence-electron chi connectivity index (χ3n) is 5.63. The SMILES string of the molecule is CC1(C)Oc2cc(C(C)(C)CCCCBr)ccc2C2CC(Br)=CC=C21. The number of benzene rings is 1. The van der Waals surface area contributed by atoms with Gasteiger partial charge in [0.05, 0.1) is 0 Å². The minimum Gasteiger partial charge on any atom is -0.483 e. The van der Waals surface area contributed by atoms with Crippen LogP contribution in [0.5, 0.6) is 5.75 Å². The van der Waals surface area contributed by atoms with Gasteiger partial charge in [0, 0.05) is 16.8 Å². The highest BCUT2D eigenvalue weighted by Gasteiger charge is 2.40. The Hall–Kier alpha value is -0.540. The smallest absolute Gasteiger partial charge is 0.125 e. The van der Waals surface area contributed by atoms with Crippen molar-refractivity contribution in [3.63, 3.8) is 0 Å². The molecule has 1 aliphatic carbocycles. The quantitative estimate of drug-likeness (QED) is 0.324. The van der Waals surface area contributed by atoms with Crippen LogP contribution in [0.1, 0.15) is 70.4 Å². The molecule has 0 fully saturated rings. The van der Waals surface area contributed by atoms with Gasteiger partial charge in [-0.15, -0.1) is 0 Å². The molecule has 0 saturated heterocycles. The zero-order valence-electron chi connectivity index (χ0n) is 15.7. The molecule has 1 unspecified atom stereocenters. The van der Waals surface area contributed by atoms with Crippen molar-refractivity contribution in [2.75, 3.05) is 5.33 Å². The van der Waals surface area contributed by atoms with E-state index in [0.29, 0.717) is 5.92 Å². The molecule has 1 aromatic carbocycles. The van der Waals surface area contributed by atoms with Gasteiger partial charge in [-0.3, -0.25) is 0 Å². The minimum atomic E-state index is -0.249. The molecule has 0 aromatic heterocycles. The molecule has 1 aromatic rings. The lowest BCUT2D eigenvalue weighted by molar-refractivity contribution is 0.125. The van der Waals surface area contributed by atoms with Gasteiger partial charge >= 0.3 is 0 Å². The van der Waals surface area contributed by atoms with Gasteiger partial charge in [0.15, 0.2) is 0 Å². The second-order valence-electron chi connectivity index (χ2n) is 8.39. The van der Waals surface area contributed by atoms with Crippen molar-refractivity contribution < 1.29 is 4.74 Å². The fraction of sp³-hybridized carbons (Fsp3) is 0.545. The average molecular weight is 468 g/mol. The number of unbranched alkanes of at least 4 members (excludes halogenated alkanes) is 1. The number of ether oxygens (including phenoxy) is 1. The summed E-state index contributed by atoms with van der Waals surface area (Å²) in [5, 5.41) is 1.09. The predicted molar refractivity (Wildman–Crippen MR) is 114 cm³/mol. The van der Waals surface area contributed by atoms with Gasteiger partial charge in [0.25, 0.3) is 0 Å². The predicted octanol–water partition coefficient (Wildman–Crippen LogP) is 7.39. The van der Waals surface area contributed by atoms with E-state index in [9.17, 15) is 0 Å². The van der Waals surface area contributed by atoms with Gasteiger partial charge in [-0.05, 0) is 60.2 Å². The van der Waals surface area contributed by atoms with Crippen molar-refractivity contribution >= 4 is 31.9 Å². The molecule has 25 heavy (non-hydrogen) atoms. The molecule has 3 heteroatoms. The van der Waals surface area contributed by atoms with Crippen LogP contribution < -0.4 is 4.74 Å². The van der Waals surface area contributed by atoms with E-state index in [0.717, 1.165) is 17.5 Å². The molecular formula is C22H28Br2O. The monoisotopic (exact) mass is 466 g/mol. The van der Waals surface area contributed by atoms with E-state index < -0.39 is 0 Å². The molecule has 0 N–H and O–H groups in total. The Morgan fingerprint density at radius 1 is 1.20 bits per heavy atom. The summed E-state index contributed by atoms with van der Waals surface area (Å²) in [5.41, 5.74) is 4.02. The summed E-state index contributed by atoms with van der Waals surface area (Å²) in [5.74, 6) is 1.49. The fourth-order valence-corrected chi connectivity index (χ4v) is 4.89. The van der Waals surface area contributed by atoms with Crippen LogP contribution in [0, 0.1) is 0 Å². The third kappa shape index (κ3) is 3.93. The Labute approximate surface area is 169 Å².